The summed E-state index contributed by atoms with van der Waals surface area (Å²) in [6.45, 7) is 4.48. The number of aromatic nitrogens is 2. The number of nitrogens with one attached hydrogen (secondary N) is 1. The number of fused-ring (bicyclic) bond motifs is 1. The molecule has 0 saturated carbocycles. The zero-order chi connectivity index (χ0) is 13.2. The second kappa shape index (κ2) is 4.88. The first-order chi connectivity index (χ1) is 9.28. The topological polar surface area (TPSA) is 28.7 Å². The number of rotatable bonds is 3. The summed E-state index contributed by atoms with van der Waals surface area (Å²) in [6, 6.07) is 16.8. The lowest BCUT2D eigenvalue weighted by molar-refractivity contribution is 0.734. The molecule has 0 spiro atoms. The second-order valence-corrected chi connectivity index (χ2v) is 5.04. The van der Waals surface area contributed by atoms with E-state index in [1.807, 2.05) is 18.2 Å². The summed E-state index contributed by atoms with van der Waals surface area (Å²) in [7, 11) is 0. The highest BCUT2D eigenvalue weighted by Crippen LogP contribution is 2.25. The van der Waals surface area contributed by atoms with Crippen molar-refractivity contribution in [3.63, 3.8) is 0 Å². The van der Waals surface area contributed by atoms with E-state index >= 15 is 0 Å². The van der Waals surface area contributed by atoms with Crippen LogP contribution in [0.5, 0.6) is 0 Å². The molecule has 2 heteroatoms. The third-order valence-corrected chi connectivity index (χ3v) is 3.73. The van der Waals surface area contributed by atoms with Crippen molar-refractivity contribution in [2.24, 2.45) is 0 Å². The average Bonchev–Trinajstić information content (AvgIpc) is 2.90. The van der Waals surface area contributed by atoms with E-state index in [9.17, 15) is 0 Å². The SMILES string of the molecule is CCC(C)c1cccc(-c2nc3ccccc3[nH]2)c1. The summed E-state index contributed by atoms with van der Waals surface area (Å²) < 4.78 is 0. The van der Waals surface area contributed by atoms with E-state index in [1.54, 1.807) is 0 Å². The number of aromatic amines is 1. The first-order valence-corrected chi connectivity index (χ1v) is 6.83. The molecule has 1 N–H and O–H groups in total. The highest BCUT2D eigenvalue weighted by molar-refractivity contribution is 5.79. The fraction of sp³-hybridized carbons (Fsp3) is 0.235. The molecule has 2 aromatic carbocycles. The Labute approximate surface area is 113 Å². The van der Waals surface area contributed by atoms with E-state index in [4.69, 9.17) is 0 Å². The number of imidazole rings is 1. The predicted octanol–water partition coefficient (Wildman–Crippen LogP) is 4.74. The first kappa shape index (κ1) is 12.0. The number of hydrogen-bond acceptors (Lipinski definition) is 1. The maximum atomic E-state index is 4.65. The second-order valence-electron chi connectivity index (χ2n) is 5.04. The number of nitrogens with zero attached hydrogens (tertiary/aromatic N) is 1. The van der Waals surface area contributed by atoms with Crippen LogP contribution in [0.1, 0.15) is 31.7 Å². The minimum absolute atomic E-state index is 0.587. The van der Waals surface area contributed by atoms with Crippen molar-refractivity contribution in [1.82, 2.24) is 9.97 Å². The Morgan fingerprint density at radius 3 is 2.74 bits per heavy atom. The van der Waals surface area contributed by atoms with Gasteiger partial charge in [-0.2, -0.15) is 0 Å². The molecular weight excluding hydrogens is 232 g/mol. The zero-order valence-corrected chi connectivity index (χ0v) is 11.4. The molecular formula is C17H18N2. The summed E-state index contributed by atoms with van der Waals surface area (Å²) in [4.78, 5) is 8.04. The number of H-pyrrole nitrogens is 1. The summed E-state index contributed by atoms with van der Waals surface area (Å²) in [6.07, 6.45) is 1.16. The highest BCUT2D eigenvalue weighted by Gasteiger charge is 2.08. The van der Waals surface area contributed by atoms with Crippen LogP contribution in [-0.2, 0) is 0 Å². The molecule has 0 amide bonds. The molecule has 0 bridgehead atoms. The van der Waals surface area contributed by atoms with Crippen LogP contribution in [-0.4, -0.2) is 9.97 Å². The molecule has 3 aromatic rings. The van der Waals surface area contributed by atoms with Gasteiger partial charge in [0.15, 0.2) is 0 Å². The highest BCUT2D eigenvalue weighted by atomic mass is 14.9. The van der Waals surface area contributed by atoms with Gasteiger partial charge in [-0.3, -0.25) is 0 Å². The van der Waals surface area contributed by atoms with Crippen molar-refractivity contribution >= 4 is 11.0 Å². The van der Waals surface area contributed by atoms with Crippen LogP contribution < -0.4 is 0 Å². The maximum absolute atomic E-state index is 4.65. The molecule has 0 fully saturated rings. The van der Waals surface area contributed by atoms with Gasteiger partial charge in [-0.25, -0.2) is 4.98 Å². The smallest absolute Gasteiger partial charge is 0.138 e. The van der Waals surface area contributed by atoms with Gasteiger partial charge >= 0.3 is 0 Å². The van der Waals surface area contributed by atoms with Crippen LogP contribution in [0.4, 0.5) is 0 Å². The van der Waals surface area contributed by atoms with Crippen molar-refractivity contribution < 1.29 is 0 Å². The van der Waals surface area contributed by atoms with Gasteiger partial charge in [-0.05, 0) is 36.1 Å². The molecule has 0 aliphatic heterocycles. The number of hydrogen-bond donors (Lipinski definition) is 1. The van der Waals surface area contributed by atoms with Crippen LogP contribution >= 0.6 is 0 Å². The molecule has 0 radical (unpaired) electrons. The minimum atomic E-state index is 0.587. The monoisotopic (exact) mass is 250 g/mol. The van der Waals surface area contributed by atoms with Gasteiger partial charge < -0.3 is 4.98 Å². The van der Waals surface area contributed by atoms with Gasteiger partial charge in [0.05, 0.1) is 11.0 Å². The van der Waals surface area contributed by atoms with Crippen molar-refractivity contribution in [2.45, 2.75) is 26.2 Å². The van der Waals surface area contributed by atoms with Crippen LogP contribution in [0.3, 0.4) is 0 Å². The Bertz CT molecular complexity index is 664. The lowest BCUT2D eigenvalue weighted by Gasteiger charge is -2.09. The number of benzene rings is 2. The van der Waals surface area contributed by atoms with Crippen molar-refractivity contribution in [3.8, 4) is 11.4 Å². The Kier molecular flexibility index (Phi) is 3.08. The van der Waals surface area contributed by atoms with Crippen LogP contribution in [0.25, 0.3) is 22.4 Å². The predicted molar refractivity (Wildman–Crippen MR) is 80.2 cm³/mol. The molecule has 1 unspecified atom stereocenters. The van der Waals surface area contributed by atoms with E-state index in [2.05, 4.69) is 54.1 Å². The molecule has 2 nitrogen and oxygen atoms in total. The van der Waals surface area contributed by atoms with Gasteiger partial charge in [-0.15, -0.1) is 0 Å². The lowest BCUT2D eigenvalue weighted by atomic mass is 9.97. The van der Waals surface area contributed by atoms with E-state index in [0.717, 1.165) is 28.8 Å². The summed E-state index contributed by atoms with van der Waals surface area (Å²) in [5.74, 6) is 1.54. The average molecular weight is 250 g/mol. The van der Waals surface area contributed by atoms with E-state index in [-0.39, 0.29) is 0 Å². The maximum Gasteiger partial charge on any atom is 0.138 e. The third kappa shape index (κ3) is 2.26. The van der Waals surface area contributed by atoms with Gasteiger partial charge in [0, 0.05) is 5.56 Å². The van der Waals surface area contributed by atoms with Gasteiger partial charge in [0.1, 0.15) is 5.82 Å². The van der Waals surface area contributed by atoms with Crippen LogP contribution in [0.2, 0.25) is 0 Å². The molecule has 0 aliphatic carbocycles. The number of para-hydroxylation sites is 2. The quantitative estimate of drug-likeness (QED) is 0.714. The minimum Gasteiger partial charge on any atom is -0.338 e. The summed E-state index contributed by atoms with van der Waals surface area (Å²) >= 11 is 0. The van der Waals surface area contributed by atoms with Gasteiger partial charge in [0.2, 0.25) is 0 Å². The lowest BCUT2D eigenvalue weighted by Crippen LogP contribution is -1.91. The largest absolute Gasteiger partial charge is 0.338 e. The fourth-order valence-electron chi connectivity index (χ4n) is 2.32. The summed E-state index contributed by atoms with van der Waals surface area (Å²) in [5, 5.41) is 0. The Hall–Kier alpha value is -2.09. The van der Waals surface area contributed by atoms with Crippen LogP contribution in [0.15, 0.2) is 48.5 Å². The molecule has 96 valence electrons. The Morgan fingerprint density at radius 1 is 1.11 bits per heavy atom. The first-order valence-electron chi connectivity index (χ1n) is 6.83. The summed E-state index contributed by atoms with van der Waals surface area (Å²) in [5.41, 5.74) is 4.65. The standard InChI is InChI=1S/C17H18N2/c1-3-12(2)13-7-6-8-14(11-13)17-18-15-9-4-5-10-16(15)19-17/h4-12H,3H2,1-2H3,(H,18,19). The molecule has 0 aliphatic rings. The molecule has 3 rings (SSSR count). The Morgan fingerprint density at radius 2 is 1.95 bits per heavy atom. The molecule has 19 heavy (non-hydrogen) atoms. The molecule has 1 aromatic heterocycles. The van der Waals surface area contributed by atoms with E-state index < -0.39 is 0 Å². The fourth-order valence-corrected chi connectivity index (χ4v) is 2.32. The molecule has 0 saturated heterocycles. The van der Waals surface area contributed by atoms with Crippen LogP contribution in [0, 0.1) is 0 Å². The van der Waals surface area contributed by atoms with E-state index in [0.29, 0.717) is 5.92 Å². The van der Waals surface area contributed by atoms with Crippen molar-refractivity contribution in [2.75, 3.05) is 0 Å². The normalized spacial score (nSPS) is 12.7. The molecule has 1 atom stereocenters. The third-order valence-electron chi connectivity index (χ3n) is 3.73. The van der Waals surface area contributed by atoms with Gasteiger partial charge in [0.25, 0.3) is 0 Å². The zero-order valence-electron chi connectivity index (χ0n) is 11.4. The Balaban J connectivity index is 2.06. The van der Waals surface area contributed by atoms with Crippen molar-refractivity contribution in [1.29, 1.82) is 0 Å². The van der Waals surface area contributed by atoms with Gasteiger partial charge in [-0.1, -0.05) is 44.2 Å². The van der Waals surface area contributed by atoms with Crippen molar-refractivity contribution in [3.05, 3.63) is 54.1 Å². The van der Waals surface area contributed by atoms with E-state index in [1.165, 1.54) is 5.56 Å². The molecule has 1 heterocycles.